The molecule has 1 aromatic heterocycles. The van der Waals surface area contributed by atoms with Gasteiger partial charge in [-0.25, -0.2) is 9.78 Å². The lowest BCUT2D eigenvalue weighted by atomic mass is 10.0. The molecule has 0 bridgehead atoms. The molecule has 44 heavy (non-hydrogen) atoms. The molecule has 4 rings (SSSR count). The lowest BCUT2D eigenvalue weighted by Gasteiger charge is -2.31. The van der Waals surface area contributed by atoms with Gasteiger partial charge in [0.25, 0.3) is 5.91 Å². The lowest BCUT2D eigenvalue weighted by molar-refractivity contribution is -0.157. The highest BCUT2D eigenvalue weighted by Crippen LogP contribution is 2.30. The number of amides is 1. The van der Waals surface area contributed by atoms with Crippen molar-refractivity contribution < 1.29 is 42.8 Å². The van der Waals surface area contributed by atoms with E-state index >= 15 is 0 Å². The quantitative estimate of drug-likeness (QED) is 0.241. The van der Waals surface area contributed by atoms with E-state index in [-0.39, 0.29) is 29.5 Å². The molecule has 1 fully saturated rings. The van der Waals surface area contributed by atoms with E-state index in [1.165, 1.54) is 19.4 Å². The van der Waals surface area contributed by atoms with Crippen molar-refractivity contribution in [2.75, 3.05) is 13.9 Å². The van der Waals surface area contributed by atoms with Gasteiger partial charge in [0.2, 0.25) is 6.79 Å². The number of cyclic esters (lactones) is 1. The van der Waals surface area contributed by atoms with Gasteiger partial charge in [-0.2, -0.15) is 0 Å². The van der Waals surface area contributed by atoms with Gasteiger partial charge < -0.3 is 33.7 Å². The first kappa shape index (κ1) is 32.1. The van der Waals surface area contributed by atoms with Crippen LogP contribution in [-0.2, 0) is 19.1 Å². The molecular weight excluding hydrogens is 568 g/mol. The Kier molecular flexibility index (Phi) is 11.4. The second-order valence-corrected chi connectivity index (χ2v) is 10.5. The first-order valence-corrected chi connectivity index (χ1v) is 14.5. The third kappa shape index (κ3) is 8.62. The Hall–Kier alpha value is -4.80. The number of benzene rings is 2. The molecule has 11 nitrogen and oxygen atoms in total. The predicted octanol–water partition coefficient (Wildman–Crippen LogP) is 4.73. The SMILES string of the molecule is COc1ccnc(C(=O)NC2CCCC(Oc3ccccc3)C(Oc3ccccc3)C(C)OC2=O)c1OCOC(=O)C(C)C. The van der Waals surface area contributed by atoms with Crippen LogP contribution < -0.4 is 24.3 Å². The molecule has 4 atom stereocenters. The van der Waals surface area contributed by atoms with E-state index < -0.39 is 49.0 Å². The summed E-state index contributed by atoms with van der Waals surface area (Å²) < 4.78 is 34.6. The molecule has 1 aliphatic heterocycles. The minimum absolute atomic E-state index is 0.0264. The maximum atomic E-state index is 13.5. The summed E-state index contributed by atoms with van der Waals surface area (Å²) in [6.45, 7) is 4.67. The average molecular weight is 607 g/mol. The van der Waals surface area contributed by atoms with Crippen molar-refractivity contribution in [3.8, 4) is 23.0 Å². The van der Waals surface area contributed by atoms with Crippen LogP contribution in [0.15, 0.2) is 72.9 Å². The van der Waals surface area contributed by atoms with E-state index in [1.807, 2.05) is 60.7 Å². The Morgan fingerprint density at radius 2 is 1.64 bits per heavy atom. The molecule has 1 aliphatic rings. The summed E-state index contributed by atoms with van der Waals surface area (Å²) in [7, 11) is 1.41. The summed E-state index contributed by atoms with van der Waals surface area (Å²) >= 11 is 0. The first-order valence-electron chi connectivity index (χ1n) is 14.5. The molecule has 4 unspecified atom stereocenters. The molecule has 0 aliphatic carbocycles. The van der Waals surface area contributed by atoms with Crippen LogP contribution in [0.1, 0.15) is 50.5 Å². The van der Waals surface area contributed by atoms with Gasteiger partial charge >= 0.3 is 11.9 Å². The van der Waals surface area contributed by atoms with E-state index in [9.17, 15) is 14.4 Å². The summed E-state index contributed by atoms with van der Waals surface area (Å²) in [5.74, 6) is -0.671. The minimum Gasteiger partial charge on any atom is -0.493 e. The highest BCUT2D eigenvalue weighted by Gasteiger charge is 2.37. The summed E-state index contributed by atoms with van der Waals surface area (Å²) in [6, 6.07) is 19.2. The van der Waals surface area contributed by atoms with Crippen LogP contribution in [0.4, 0.5) is 0 Å². The smallest absolute Gasteiger partial charge is 0.329 e. The maximum Gasteiger partial charge on any atom is 0.329 e. The predicted molar refractivity (Wildman–Crippen MR) is 160 cm³/mol. The molecule has 2 heterocycles. The number of hydrogen-bond donors (Lipinski definition) is 1. The van der Waals surface area contributed by atoms with E-state index in [0.29, 0.717) is 24.3 Å². The monoisotopic (exact) mass is 606 g/mol. The van der Waals surface area contributed by atoms with Crippen molar-refractivity contribution >= 4 is 17.8 Å². The number of carbonyl (C=O) groups is 3. The van der Waals surface area contributed by atoms with Gasteiger partial charge in [-0.05, 0) is 50.5 Å². The number of nitrogens with zero attached hydrogens (tertiary/aromatic N) is 1. The summed E-state index contributed by atoms with van der Waals surface area (Å²) in [6.07, 6.45) is 0.870. The molecule has 1 saturated heterocycles. The van der Waals surface area contributed by atoms with Gasteiger partial charge in [0.15, 0.2) is 23.3 Å². The number of esters is 2. The minimum atomic E-state index is -0.988. The second-order valence-electron chi connectivity index (χ2n) is 10.5. The van der Waals surface area contributed by atoms with Gasteiger partial charge in [-0.3, -0.25) is 9.59 Å². The Labute approximate surface area is 256 Å². The number of pyridine rings is 1. The van der Waals surface area contributed by atoms with Crippen LogP contribution in [0.25, 0.3) is 0 Å². The highest BCUT2D eigenvalue weighted by atomic mass is 16.7. The van der Waals surface area contributed by atoms with Crippen molar-refractivity contribution in [3.63, 3.8) is 0 Å². The van der Waals surface area contributed by atoms with Crippen LogP contribution in [0.3, 0.4) is 0 Å². The largest absolute Gasteiger partial charge is 0.493 e. The number of nitrogens with one attached hydrogen (secondary N) is 1. The lowest BCUT2D eigenvalue weighted by Crippen LogP contribution is -2.47. The van der Waals surface area contributed by atoms with E-state index in [4.69, 9.17) is 28.4 Å². The van der Waals surface area contributed by atoms with Crippen molar-refractivity contribution in [1.82, 2.24) is 10.3 Å². The molecule has 1 N–H and O–H groups in total. The van der Waals surface area contributed by atoms with Crippen LogP contribution >= 0.6 is 0 Å². The van der Waals surface area contributed by atoms with Crippen molar-refractivity contribution in [1.29, 1.82) is 0 Å². The summed E-state index contributed by atoms with van der Waals surface area (Å²) in [5, 5.41) is 2.74. The summed E-state index contributed by atoms with van der Waals surface area (Å²) in [5.41, 5.74) is -0.138. The van der Waals surface area contributed by atoms with Gasteiger partial charge in [-0.15, -0.1) is 0 Å². The normalized spacial score (nSPS) is 20.2. The number of carbonyl (C=O) groups excluding carboxylic acids is 3. The number of aromatic nitrogens is 1. The van der Waals surface area contributed by atoms with Crippen LogP contribution in [0.2, 0.25) is 0 Å². The zero-order valence-corrected chi connectivity index (χ0v) is 25.3. The molecule has 0 radical (unpaired) electrons. The van der Waals surface area contributed by atoms with Gasteiger partial charge in [0.1, 0.15) is 29.7 Å². The number of hydrogen-bond acceptors (Lipinski definition) is 10. The Morgan fingerprint density at radius 1 is 0.977 bits per heavy atom. The highest BCUT2D eigenvalue weighted by molar-refractivity contribution is 5.98. The fraction of sp³-hybridized carbons (Fsp3) is 0.394. The standard InChI is InChI=1S/C33H38N2O9/c1-21(2)32(37)41-20-40-30-26(39-4)18-19-34-28(30)31(36)35-25-16-11-17-27(43-23-12-7-5-8-13-23)29(22(3)42-33(25)38)44-24-14-9-6-10-15-24/h5-10,12-15,18-19,21-22,25,27,29H,11,16-17,20H2,1-4H3,(H,35,36). The number of rotatable bonds is 11. The molecule has 1 amide bonds. The molecule has 0 spiro atoms. The number of para-hydroxylation sites is 2. The second kappa shape index (κ2) is 15.6. The van der Waals surface area contributed by atoms with Gasteiger partial charge in [-0.1, -0.05) is 50.2 Å². The Bertz CT molecular complexity index is 1380. The Morgan fingerprint density at radius 3 is 2.27 bits per heavy atom. The van der Waals surface area contributed by atoms with Crippen LogP contribution in [-0.4, -0.2) is 61.1 Å². The fourth-order valence-electron chi connectivity index (χ4n) is 4.63. The molecule has 2 aromatic carbocycles. The van der Waals surface area contributed by atoms with Crippen LogP contribution in [0, 0.1) is 5.92 Å². The van der Waals surface area contributed by atoms with Crippen LogP contribution in [0.5, 0.6) is 23.0 Å². The first-order chi connectivity index (χ1) is 21.3. The van der Waals surface area contributed by atoms with Crippen molar-refractivity contribution in [2.24, 2.45) is 5.92 Å². The zero-order valence-electron chi connectivity index (χ0n) is 25.3. The average Bonchev–Trinajstić information content (AvgIpc) is 3.07. The van der Waals surface area contributed by atoms with Gasteiger partial charge in [0.05, 0.1) is 13.0 Å². The third-order valence-corrected chi connectivity index (χ3v) is 6.93. The van der Waals surface area contributed by atoms with E-state index in [1.54, 1.807) is 20.8 Å². The molecular formula is C33H38N2O9. The van der Waals surface area contributed by atoms with Crippen molar-refractivity contribution in [3.05, 3.63) is 78.6 Å². The zero-order chi connectivity index (χ0) is 31.5. The Balaban J connectivity index is 1.52. The van der Waals surface area contributed by atoms with Gasteiger partial charge in [0, 0.05) is 12.3 Å². The molecule has 11 heteroatoms. The molecule has 234 valence electrons. The molecule has 0 saturated carbocycles. The molecule has 3 aromatic rings. The van der Waals surface area contributed by atoms with Crippen molar-refractivity contribution in [2.45, 2.75) is 64.4 Å². The third-order valence-electron chi connectivity index (χ3n) is 6.93. The number of methoxy groups -OCH3 is 1. The van der Waals surface area contributed by atoms with E-state index in [2.05, 4.69) is 10.3 Å². The number of ether oxygens (including phenoxy) is 6. The fourth-order valence-corrected chi connectivity index (χ4v) is 4.63. The summed E-state index contributed by atoms with van der Waals surface area (Å²) in [4.78, 5) is 42.9. The van der Waals surface area contributed by atoms with E-state index in [0.717, 1.165) is 0 Å². The maximum absolute atomic E-state index is 13.5. The topological polar surface area (TPSA) is 132 Å².